The monoisotopic (exact) mass is 455 g/mol. The normalized spacial score (nSPS) is 11.8. The Hall–Kier alpha value is -4.24. The summed E-state index contributed by atoms with van der Waals surface area (Å²) in [5, 5.41) is 8.02. The second-order valence-corrected chi connectivity index (χ2v) is 8.73. The predicted octanol–water partition coefficient (Wildman–Crippen LogP) is 7.29. The molecule has 3 heteroatoms. The van der Waals surface area contributed by atoms with E-state index < -0.39 is 0 Å². The smallest absolute Gasteiger partial charge is 0.0693 e. The second kappa shape index (κ2) is 10.8. The van der Waals surface area contributed by atoms with E-state index in [1.165, 1.54) is 44.5 Å². The molecule has 0 spiro atoms. The number of rotatable bonds is 8. The lowest BCUT2D eigenvalue weighted by atomic mass is 9.85. The fraction of sp³-hybridized carbons (Fsp3) is 0.125. The topological polar surface area (TPSA) is 30.7 Å². The van der Waals surface area contributed by atoms with Crippen LogP contribution in [0.25, 0.3) is 11.1 Å². The lowest BCUT2D eigenvalue weighted by molar-refractivity contribution is 0.649. The number of nitrogens with zero attached hydrogens (tertiary/aromatic N) is 3. The highest BCUT2D eigenvalue weighted by molar-refractivity contribution is 6.04. The van der Waals surface area contributed by atoms with Gasteiger partial charge in [0.2, 0.25) is 0 Å². The van der Waals surface area contributed by atoms with Crippen LogP contribution in [0.3, 0.4) is 0 Å². The molecule has 0 radical (unpaired) electrons. The maximum absolute atomic E-state index is 4.10. The molecule has 3 nitrogen and oxygen atoms in total. The third-order valence-electron chi connectivity index (χ3n) is 6.22. The zero-order valence-electron chi connectivity index (χ0n) is 20.0. The van der Waals surface area contributed by atoms with Crippen LogP contribution in [0.15, 0.2) is 122 Å². The molecule has 0 bridgehead atoms. The minimum atomic E-state index is 0.703. The van der Waals surface area contributed by atoms with E-state index in [9.17, 15) is 0 Å². The quantitative estimate of drug-likeness (QED) is 0.230. The van der Waals surface area contributed by atoms with Crippen LogP contribution < -0.4 is 0 Å². The first-order valence-electron chi connectivity index (χ1n) is 12.2. The van der Waals surface area contributed by atoms with E-state index in [1.54, 1.807) is 6.20 Å². The van der Waals surface area contributed by atoms with Crippen molar-refractivity contribution in [3.05, 3.63) is 155 Å². The van der Waals surface area contributed by atoms with Gasteiger partial charge in [-0.05, 0) is 50.9 Å². The van der Waals surface area contributed by atoms with Gasteiger partial charge in [0.15, 0.2) is 0 Å². The first-order valence-corrected chi connectivity index (χ1v) is 12.2. The molecule has 0 aliphatic heterocycles. The van der Waals surface area contributed by atoms with Crippen molar-refractivity contribution in [2.45, 2.75) is 26.3 Å². The summed E-state index contributed by atoms with van der Waals surface area (Å²) >= 11 is 0. The minimum absolute atomic E-state index is 0.703. The Bertz CT molecular complexity index is 1370. The lowest BCUT2D eigenvalue weighted by Crippen LogP contribution is -2.01. The highest BCUT2D eigenvalue weighted by Gasteiger charge is 2.16. The molecule has 0 aliphatic carbocycles. The van der Waals surface area contributed by atoms with Gasteiger partial charge in [0.25, 0.3) is 0 Å². The Morgan fingerprint density at radius 1 is 0.600 bits per heavy atom. The Morgan fingerprint density at radius 2 is 1.09 bits per heavy atom. The molecule has 0 unspecified atom stereocenters. The number of hydrogen-bond donors (Lipinski definition) is 0. The molecule has 1 heterocycles. The average Bonchev–Trinajstić information content (AvgIpc) is 3.43. The molecule has 0 N–H and O–H groups in total. The first-order chi connectivity index (χ1) is 17.3. The van der Waals surface area contributed by atoms with E-state index in [0.29, 0.717) is 6.54 Å². The van der Waals surface area contributed by atoms with E-state index in [1.807, 2.05) is 10.9 Å². The Balaban J connectivity index is 1.68. The van der Waals surface area contributed by atoms with E-state index in [-0.39, 0.29) is 0 Å². The Labute approximate surface area is 207 Å². The fourth-order valence-electron chi connectivity index (χ4n) is 4.53. The highest BCUT2D eigenvalue weighted by atomic mass is 15.4. The summed E-state index contributed by atoms with van der Waals surface area (Å²) in [6, 6.07) is 39.3. The van der Waals surface area contributed by atoms with Crippen molar-refractivity contribution in [3.8, 4) is 0 Å². The molecule has 172 valence electrons. The molecule has 35 heavy (non-hydrogen) atoms. The van der Waals surface area contributed by atoms with Crippen molar-refractivity contribution in [2.24, 2.45) is 0 Å². The number of aryl methyl sites for hydroxylation is 1. The zero-order chi connectivity index (χ0) is 23.9. The lowest BCUT2D eigenvalue weighted by Gasteiger charge is -2.18. The first kappa shape index (κ1) is 22.5. The molecule has 1 aromatic heterocycles. The zero-order valence-corrected chi connectivity index (χ0v) is 20.0. The van der Waals surface area contributed by atoms with Gasteiger partial charge in [0.05, 0.1) is 12.7 Å². The minimum Gasteiger partial charge on any atom is -0.248 e. The van der Waals surface area contributed by atoms with E-state index in [0.717, 1.165) is 12.8 Å². The van der Waals surface area contributed by atoms with Crippen molar-refractivity contribution >= 4 is 11.1 Å². The van der Waals surface area contributed by atoms with Crippen molar-refractivity contribution < 1.29 is 0 Å². The van der Waals surface area contributed by atoms with Gasteiger partial charge in [0, 0.05) is 6.20 Å². The van der Waals surface area contributed by atoms with Gasteiger partial charge < -0.3 is 0 Å². The molecule has 5 rings (SSSR count). The van der Waals surface area contributed by atoms with Gasteiger partial charge in [-0.3, -0.25) is 0 Å². The molecule has 5 aromatic rings. The van der Waals surface area contributed by atoms with Crippen LogP contribution in [0, 0.1) is 0 Å². The molecule has 4 aromatic carbocycles. The summed E-state index contributed by atoms with van der Waals surface area (Å²) in [7, 11) is 0. The summed E-state index contributed by atoms with van der Waals surface area (Å²) in [6.45, 7) is 2.93. The van der Waals surface area contributed by atoms with Crippen molar-refractivity contribution in [1.82, 2.24) is 15.0 Å². The van der Waals surface area contributed by atoms with Crippen molar-refractivity contribution in [1.29, 1.82) is 0 Å². The molecule has 0 atom stereocenters. The van der Waals surface area contributed by atoms with Gasteiger partial charge >= 0.3 is 0 Å². The van der Waals surface area contributed by atoms with Crippen molar-refractivity contribution in [3.63, 3.8) is 0 Å². The standard InChI is InChI=1S/C32H29N3/c1-2-9-25-14-18-29(19-15-25)31(27-10-5-3-6-11-27)32(28-12-7-4-8-13-28)30-20-16-26(17-21-30)24-35-23-22-33-34-35/h3-8,10-23H,2,9,24H2,1H3/b32-31+. The maximum Gasteiger partial charge on any atom is 0.0693 e. The summed E-state index contributed by atoms with van der Waals surface area (Å²) in [5.74, 6) is 0. The fourth-order valence-corrected chi connectivity index (χ4v) is 4.53. The van der Waals surface area contributed by atoms with Gasteiger partial charge in [-0.25, -0.2) is 4.68 Å². The second-order valence-electron chi connectivity index (χ2n) is 8.73. The molecule has 0 saturated heterocycles. The van der Waals surface area contributed by atoms with Crippen LogP contribution in [0.4, 0.5) is 0 Å². The Kier molecular flexibility index (Phi) is 6.95. The van der Waals surface area contributed by atoms with Crippen LogP contribution in [0.5, 0.6) is 0 Å². The summed E-state index contributed by atoms with van der Waals surface area (Å²) in [5.41, 5.74) is 9.86. The highest BCUT2D eigenvalue weighted by Crippen LogP contribution is 2.37. The SMILES string of the molecule is CCCc1ccc(/C(=C(\c2ccccc2)c2ccc(Cn3ccnn3)cc2)c2ccccc2)cc1. The van der Waals surface area contributed by atoms with Crippen LogP contribution in [0.1, 0.15) is 46.7 Å². The molecular weight excluding hydrogens is 426 g/mol. The molecule has 0 aliphatic rings. The molecular formula is C32H29N3. The number of benzene rings is 4. The number of aromatic nitrogens is 3. The third-order valence-corrected chi connectivity index (χ3v) is 6.22. The van der Waals surface area contributed by atoms with E-state index in [4.69, 9.17) is 0 Å². The molecule has 0 fully saturated rings. The average molecular weight is 456 g/mol. The summed E-state index contributed by atoms with van der Waals surface area (Å²) < 4.78 is 1.84. The summed E-state index contributed by atoms with van der Waals surface area (Å²) in [4.78, 5) is 0. The van der Waals surface area contributed by atoms with Gasteiger partial charge in [-0.2, -0.15) is 0 Å². The summed E-state index contributed by atoms with van der Waals surface area (Å²) in [6.07, 6.45) is 5.85. The predicted molar refractivity (Wildman–Crippen MR) is 144 cm³/mol. The Morgan fingerprint density at radius 3 is 1.54 bits per heavy atom. The van der Waals surface area contributed by atoms with E-state index >= 15 is 0 Å². The number of hydrogen-bond acceptors (Lipinski definition) is 2. The van der Waals surface area contributed by atoms with Crippen LogP contribution in [-0.4, -0.2) is 15.0 Å². The molecule has 0 saturated carbocycles. The van der Waals surface area contributed by atoms with Gasteiger partial charge in [-0.1, -0.05) is 128 Å². The van der Waals surface area contributed by atoms with Gasteiger partial charge in [-0.15, -0.1) is 5.10 Å². The largest absolute Gasteiger partial charge is 0.248 e. The molecule has 0 amide bonds. The third kappa shape index (κ3) is 5.30. The van der Waals surface area contributed by atoms with Crippen LogP contribution >= 0.6 is 0 Å². The van der Waals surface area contributed by atoms with Crippen molar-refractivity contribution in [2.75, 3.05) is 0 Å². The van der Waals surface area contributed by atoms with Crippen LogP contribution in [-0.2, 0) is 13.0 Å². The van der Waals surface area contributed by atoms with Crippen LogP contribution in [0.2, 0.25) is 0 Å². The maximum atomic E-state index is 4.10. The van der Waals surface area contributed by atoms with Gasteiger partial charge in [0.1, 0.15) is 0 Å². The van der Waals surface area contributed by atoms with E-state index in [2.05, 4.69) is 126 Å².